The molecule has 0 aliphatic carbocycles. The zero-order valence-electron chi connectivity index (χ0n) is 16.3. The molecular weight excluding hydrogens is 462 g/mol. The van der Waals surface area contributed by atoms with Crippen molar-refractivity contribution in [3.05, 3.63) is 88.3 Å². The minimum Gasteiger partial charge on any atom is -0.267 e. The second-order valence-electron chi connectivity index (χ2n) is 6.55. The van der Waals surface area contributed by atoms with Crippen molar-refractivity contribution in [2.45, 2.75) is 6.92 Å². The average Bonchev–Trinajstić information content (AvgIpc) is 3.32. The summed E-state index contributed by atoms with van der Waals surface area (Å²) in [5, 5.41) is 10.9. The van der Waals surface area contributed by atoms with Gasteiger partial charge in [0.05, 0.1) is 22.6 Å². The van der Waals surface area contributed by atoms with Gasteiger partial charge in [-0.05, 0) is 65.9 Å². The molecule has 9 nitrogen and oxygen atoms in total. The van der Waals surface area contributed by atoms with Crippen molar-refractivity contribution >= 4 is 27.7 Å². The lowest BCUT2D eigenvalue weighted by Gasteiger charge is -2.10. The molecule has 4 rings (SSSR count). The number of aromatic nitrogens is 5. The molecule has 4 aromatic rings. The maximum atomic E-state index is 12.5. The van der Waals surface area contributed by atoms with E-state index in [0.29, 0.717) is 22.5 Å². The Kier molecular flexibility index (Phi) is 5.80. The second-order valence-corrected chi connectivity index (χ2v) is 7.47. The van der Waals surface area contributed by atoms with E-state index in [4.69, 9.17) is 0 Å². The number of pyridine rings is 1. The van der Waals surface area contributed by atoms with Crippen LogP contribution in [0.25, 0.3) is 16.9 Å². The second kappa shape index (κ2) is 8.84. The van der Waals surface area contributed by atoms with Crippen molar-refractivity contribution < 1.29 is 9.59 Å². The molecule has 2 aromatic heterocycles. The Morgan fingerprint density at radius 2 is 1.74 bits per heavy atom. The third kappa shape index (κ3) is 4.64. The fourth-order valence-electron chi connectivity index (χ4n) is 2.91. The Hall–Kier alpha value is -3.92. The zero-order chi connectivity index (χ0) is 21.8. The highest BCUT2D eigenvalue weighted by molar-refractivity contribution is 9.10. The molecule has 0 aliphatic rings. The molecule has 0 saturated heterocycles. The van der Waals surface area contributed by atoms with Gasteiger partial charge in [0.25, 0.3) is 11.8 Å². The Morgan fingerprint density at radius 1 is 0.968 bits per heavy atom. The topological polar surface area (TPSA) is 115 Å². The van der Waals surface area contributed by atoms with Crippen LogP contribution in [0, 0.1) is 6.92 Å². The van der Waals surface area contributed by atoms with Gasteiger partial charge in [0, 0.05) is 15.6 Å². The third-order valence-corrected chi connectivity index (χ3v) is 4.98. The van der Waals surface area contributed by atoms with Crippen molar-refractivity contribution in [2.24, 2.45) is 0 Å². The van der Waals surface area contributed by atoms with Crippen LogP contribution >= 0.6 is 15.9 Å². The quantitative estimate of drug-likeness (QED) is 0.436. The number of benzene rings is 2. The summed E-state index contributed by atoms with van der Waals surface area (Å²) in [6.45, 7) is 1.75. The highest BCUT2D eigenvalue weighted by Gasteiger charge is 2.13. The molecule has 0 radical (unpaired) electrons. The van der Waals surface area contributed by atoms with Gasteiger partial charge in [-0.25, -0.2) is 4.68 Å². The molecule has 0 bridgehead atoms. The molecule has 2 amide bonds. The summed E-state index contributed by atoms with van der Waals surface area (Å²) in [5.74, 6) is -0.905. The number of halogens is 1. The first-order valence-corrected chi connectivity index (χ1v) is 9.98. The maximum absolute atomic E-state index is 12.5. The Morgan fingerprint density at radius 3 is 2.42 bits per heavy atom. The van der Waals surface area contributed by atoms with Gasteiger partial charge in [-0.3, -0.25) is 25.4 Å². The van der Waals surface area contributed by atoms with Gasteiger partial charge in [0.2, 0.25) is 0 Å². The molecule has 10 heteroatoms. The van der Waals surface area contributed by atoms with Crippen LogP contribution in [0.5, 0.6) is 0 Å². The van der Waals surface area contributed by atoms with Gasteiger partial charge in [0.15, 0.2) is 0 Å². The smallest absolute Gasteiger partial charge is 0.267 e. The van der Waals surface area contributed by atoms with Gasteiger partial charge in [0.1, 0.15) is 6.33 Å². The highest BCUT2D eigenvalue weighted by atomic mass is 79.9. The molecule has 0 unspecified atom stereocenters. The van der Waals surface area contributed by atoms with Gasteiger partial charge < -0.3 is 0 Å². The zero-order valence-corrected chi connectivity index (χ0v) is 17.9. The number of aryl methyl sites for hydroxylation is 1. The number of nitrogens with one attached hydrogen (secondary N) is 2. The van der Waals surface area contributed by atoms with Crippen LogP contribution in [0.2, 0.25) is 0 Å². The number of hydrogen-bond acceptors (Lipinski definition) is 6. The number of carbonyl (C=O) groups is 2. The minimum absolute atomic E-state index is 0.369. The van der Waals surface area contributed by atoms with E-state index in [9.17, 15) is 9.59 Å². The molecular formula is C21H16BrN7O2. The molecule has 0 spiro atoms. The van der Waals surface area contributed by atoms with Crippen molar-refractivity contribution in [2.75, 3.05) is 0 Å². The van der Waals surface area contributed by atoms with Gasteiger partial charge >= 0.3 is 0 Å². The van der Waals surface area contributed by atoms with Crippen LogP contribution in [0.15, 0.2) is 71.5 Å². The first-order valence-electron chi connectivity index (χ1n) is 9.19. The molecule has 0 atom stereocenters. The van der Waals surface area contributed by atoms with Crippen molar-refractivity contribution in [3.8, 4) is 16.9 Å². The van der Waals surface area contributed by atoms with E-state index < -0.39 is 11.8 Å². The predicted octanol–water partition coefficient (Wildman–Crippen LogP) is 2.87. The van der Waals surface area contributed by atoms with Gasteiger partial charge in [-0.15, -0.1) is 5.10 Å². The number of rotatable bonds is 4. The summed E-state index contributed by atoms with van der Waals surface area (Å²) in [5.41, 5.74) is 8.52. The van der Waals surface area contributed by atoms with Crippen LogP contribution in [-0.4, -0.2) is 37.0 Å². The summed E-state index contributed by atoms with van der Waals surface area (Å²) < 4.78 is 2.41. The standard InChI is InChI=1S/C21H16BrN7O2/c1-13-18(9-10-19(24-13)15-3-2-4-16(22)11-15)21(31)26-25-20(30)14-5-7-17(8-6-14)29-12-23-27-28-29/h2-12H,1H3,(H,25,30)(H,26,31). The van der Waals surface area contributed by atoms with E-state index in [2.05, 4.69) is 47.3 Å². The molecule has 0 fully saturated rings. The molecule has 2 heterocycles. The fourth-order valence-corrected chi connectivity index (χ4v) is 3.31. The SMILES string of the molecule is Cc1nc(-c2cccc(Br)c2)ccc1C(=O)NNC(=O)c1ccc(-n2cnnn2)cc1. The molecule has 2 N–H and O–H groups in total. The Balaban J connectivity index is 1.41. The normalized spacial score (nSPS) is 10.5. The summed E-state index contributed by atoms with van der Waals surface area (Å²) >= 11 is 3.44. The van der Waals surface area contributed by atoms with Crippen LogP contribution in [0.1, 0.15) is 26.4 Å². The number of tetrazole rings is 1. The van der Waals surface area contributed by atoms with E-state index in [1.807, 2.05) is 24.3 Å². The van der Waals surface area contributed by atoms with E-state index in [1.165, 1.54) is 11.0 Å². The monoisotopic (exact) mass is 477 g/mol. The Bertz CT molecular complexity index is 1240. The van der Waals surface area contributed by atoms with E-state index in [1.54, 1.807) is 43.3 Å². The maximum Gasteiger partial charge on any atom is 0.271 e. The largest absolute Gasteiger partial charge is 0.271 e. The summed E-state index contributed by atoms with van der Waals surface area (Å²) in [6.07, 6.45) is 1.45. The number of amides is 2. The predicted molar refractivity (Wildman–Crippen MR) is 116 cm³/mol. The van der Waals surface area contributed by atoms with E-state index in [0.717, 1.165) is 15.7 Å². The molecule has 154 valence electrons. The van der Waals surface area contributed by atoms with Crippen LogP contribution in [-0.2, 0) is 0 Å². The highest BCUT2D eigenvalue weighted by Crippen LogP contribution is 2.22. The van der Waals surface area contributed by atoms with Crippen LogP contribution < -0.4 is 10.9 Å². The van der Waals surface area contributed by atoms with Gasteiger partial charge in [-0.1, -0.05) is 28.1 Å². The number of hydrazine groups is 1. The van der Waals surface area contributed by atoms with Crippen LogP contribution in [0.4, 0.5) is 0 Å². The minimum atomic E-state index is -0.454. The first kappa shape index (κ1) is 20.4. The summed E-state index contributed by atoms with van der Waals surface area (Å²) in [7, 11) is 0. The lowest BCUT2D eigenvalue weighted by molar-refractivity contribution is 0.0846. The lowest BCUT2D eigenvalue weighted by Crippen LogP contribution is -2.41. The lowest BCUT2D eigenvalue weighted by atomic mass is 10.1. The first-order chi connectivity index (χ1) is 15.0. The molecule has 2 aromatic carbocycles. The van der Waals surface area contributed by atoms with Crippen LogP contribution in [0.3, 0.4) is 0 Å². The number of nitrogens with zero attached hydrogens (tertiary/aromatic N) is 5. The molecule has 31 heavy (non-hydrogen) atoms. The molecule has 0 saturated carbocycles. The van der Waals surface area contributed by atoms with Crippen molar-refractivity contribution in [3.63, 3.8) is 0 Å². The van der Waals surface area contributed by atoms with E-state index >= 15 is 0 Å². The van der Waals surface area contributed by atoms with Crippen molar-refractivity contribution in [1.82, 2.24) is 36.0 Å². The van der Waals surface area contributed by atoms with Crippen molar-refractivity contribution in [1.29, 1.82) is 0 Å². The average molecular weight is 478 g/mol. The fraction of sp³-hybridized carbons (Fsp3) is 0.0476. The molecule has 0 aliphatic heterocycles. The summed E-state index contributed by atoms with van der Waals surface area (Å²) in [4.78, 5) is 29.4. The number of carbonyl (C=O) groups excluding carboxylic acids is 2. The summed E-state index contributed by atoms with van der Waals surface area (Å²) in [6, 6.07) is 17.8. The third-order valence-electron chi connectivity index (χ3n) is 4.48. The Labute approximate surface area is 185 Å². The number of hydrogen-bond donors (Lipinski definition) is 2. The van der Waals surface area contributed by atoms with E-state index in [-0.39, 0.29) is 0 Å². The van der Waals surface area contributed by atoms with Gasteiger partial charge in [-0.2, -0.15) is 0 Å².